The van der Waals surface area contributed by atoms with E-state index in [1.54, 1.807) is 19.5 Å². The quantitative estimate of drug-likeness (QED) is 0.228. The van der Waals surface area contributed by atoms with Gasteiger partial charge in [0.05, 0.1) is 13.7 Å². The molecule has 11 heteroatoms. The van der Waals surface area contributed by atoms with Crippen LogP contribution in [-0.2, 0) is 6.54 Å². The minimum Gasteiger partial charge on any atom is -0.493 e. The average Bonchev–Trinajstić information content (AvgIpc) is 3.45. The van der Waals surface area contributed by atoms with Crippen LogP contribution in [0.4, 0.5) is 5.69 Å². The molecule has 2 aliphatic rings. The molecule has 3 heterocycles. The molecule has 0 saturated carbocycles. The molecule has 4 N–H and O–H groups in total. The number of ether oxygens (including phenoxy) is 2. The summed E-state index contributed by atoms with van der Waals surface area (Å²) >= 11 is 5.57. The third-order valence-corrected chi connectivity index (χ3v) is 7.19. The van der Waals surface area contributed by atoms with Gasteiger partial charge >= 0.3 is 0 Å². The lowest BCUT2D eigenvalue weighted by Crippen LogP contribution is -2.53. The number of amidine groups is 1. The highest BCUT2D eigenvalue weighted by Crippen LogP contribution is 2.34. The van der Waals surface area contributed by atoms with Gasteiger partial charge in [0.1, 0.15) is 18.3 Å². The van der Waals surface area contributed by atoms with Gasteiger partial charge in [0.2, 0.25) is 0 Å². The predicted molar refractivity (Wildman–Crippen MR) is 146 cm³/mol. The highest BCUT2D eigenvalue weighted by molar-refractivity contribution is 7.80. The number of likely N-dealkylation sites (tertiary alicyclic amines) is 1. The molecule has 0 bridgehead atoms. The number of nitrogens with one attached hydrogen (secondary N) is 4. The van der Waals surface area contributed by atoms with Gasteiger partial charge in [0.25, 0.3) is 0 Å². The maximum absolute atomic E-state index is 8.93. The molecule has 2 saturated heterocycles. The van der Waals surface area contributed by atoms with E-state index in [0.717, 1.165) is 49.8 Å². The number of imidazole rings is 1. The van der Waals surface area contributed by atoms with Crippen molar-refractivity contribution in [2.24, 2.45) is 0 Å². The summed E-state index contributed by atoms with van der Waals surface area (Å²) in [7, 11) is 3.52. The molecule has 0 atom stereocenters. The first kappa shape index (κ1) is 26.0. The van der Waals surface area contributed by atoms with Gasteiger partial charge in [-0.1, -0.05) is 6.42 Å². The molecule has 2 aromatic rings. The van der Waals surface area contributed by atoms with Crippen LogP contribution in [0.1, 0.15) is 30.7 Å². The molecular weight excluding hydrogens is 476 g/mol. The Morgan fingerprint density at radius 3 is 2.50 bits per heavy atom. The third-order valence-electron chi connectivity index (χ3n) is 6.79. The summed E-state index contributed by atoms with van der Waals surface area (Å²) in [5, 5.41) is 16.1. The maximum Gasteiger partial charge on any atom is 0.169 e. The van der Waals surface area contributed by atoms with Gasteiger partial charge in [-0.3, -0.25) is 10.3 Å². The number of methoxy groups -OCH3 is 1. The van der Waals surface area contributed by atoms with Crippen molar-refractivity contribution >= 4 is 28.9 Å². The van der Waals surface area contributed by atoms with Gasteiger partial charge in [0, 0.05) is 69.5 Å². The fourth-order valence-electron chi connectivity index (χ4n) is 4.67. The van der Waals surface area contributed by atoms with E-state index >= 15 is 0 Å². The monoisotopic (exact) mass is 514 g/mol. The number of rotatable bonds is 9. The molecule has 0 unspecified atom stereocenters. The summed E-state index contributed by atoms with van der Waals surface area (Å²) in [5.41, 5.74) is 1.65. The molecule has 1 aromatic carbocycles. The molecule has 10 nitrogen and oxygen atoms in total. The number of hydrogen-bond acceptors (Lipinski definition) is 7. The number of benzene rings is 1. The van der Waals surface area contributed by atoms with E-state index in [4.69, 9.17) is 27.1 Å². The summed E-state index contributed by atoms with van der Waals surface area (Å²) < 4.78 is 11.8. The Labute approximate surface area is 218 Å². The molecule has 36 heavy (non-hydrogen) atoms. The molecule has 0 aliphatic carbocycles. The molecule has 2 aliphatic heterocycles. The molecular formula is C25H38N8O2S. The Kier molecular flexibility index (Phi) is 9.23. The smallest absolute Gasteiger partial charge is 0.169 e. The molecule has 0 amide bonds. The second kappa shape index (κ2) is 12.8. The molecule has 196 valence electrons. The van der Waals surface area contributed by atoms with Crippen molar-refractivity contribution in [3.05, 3.63) is 35.9 Å². The molecule has 0 radical (unpaired) electrons. The summed E-state index contributed by atoms with van der Waals surface area (Å²) in [6.07, 6.45) is 7.39. The number of H-pyrrole nitrogens is 1. The Balaban J connectivity index is 1.33. The zero-order valence-corrected chi connectivity index (χ0v) is 22.1. The van der Waals surface area contributed by atoms with Gasteiger partial charge in [-0.05, 0) is 44.2 Å². The highest BCUT2D eigenvalue weighted by Gasteiger charge is 2.24. The Bertz CT molecular complexity index is 1000. The SMILES string of the molecule is CNc1cc(OCCN2CCCCC2)c(OC)cc1C(=N)N1CCN(C(=S)NCc2ncc[nH]2)CC1. The van der Waals surface area contributed by atoms with E-state index in [1.807, 2.05) is 19.2 Å². The van der Waals surface area contributed by atoms with Crippen molar-refractivity contribution in [3.8, 4) is 11.5 Å². The largest absolute Gasteiger partial charge is 0.493 e. The van der Waals surface area contributed by atoms with Crippen LogP contribution in [0.25, 0.3) is 0 Å². The van der Waals surface area contributed by atoms with E-state index in [-0.39, 0.29) is 0 Å². The topological polar surface area (TPSA) is 105 Å². The molecule has 1 aromatic heterocycles. The summed E-state index contributed by atoms with van der Waals surface area (Å²) in [5.74, 6) is 2.67. The van der Waals surface area contributed by atoms with Crippen LogP contribution >= 0.6 is 12.2 Å². The first-order valence-corrected chi connectivity index (χ1v) is 13.1. The van der Waals surface area contributed by atoms with E-state index in [0.29, 0.717) is 48.7 Å². The maximum atomic E-state index is 8.93. The van der Waals surface area contributed by atoms with Gasteiger partial charge < -0.3 is 34.9 Å². The zero-order valence-electron chi connectivity index (χ0n) is 21.3. The number of aromatic nitrogens is 2. The van der Waals surface area contributed by atoms with Crippen LogP contribution in [0.5, 0.6) is 11.5 Å². The first-order chi connectivity index (χ1) is 17.6. The number of nitrogens with zero attached hydrogens (tertiary/aromatic N) is 4. The van der Waals surface area contributed by atoms with E-state index in [2.05, 4.69) is 35.3 Å². The van der Waals surface area contributed by atoms with Crippen molar-refractivity contribution in [1.29, 1.82) is 5.41 Å². The van der Waals surface area contributed by atoms with Crippen molar-refractivity contribution < 1.29 is 9.47 Å². The third kappa shape index (κ3) is 6.58. The molecule has 2 fully saturated rings. The van der Waals surface area contributed by atoms with Crippen LogP contribution in [0, 0.1) is 5.41 Å². The van der Waals surface area contributed by atoms with Crippen LogP contribution in [0.15, 0.2) is 24.5 Å². The normalized spacial score (nSPS) is 16.5. The Morgan fingerprint density at radius 2 is 1.83 bits per heavy atom. The second-order valence-electron chi connectivity index (χ2n) is 9.07. The van der Waals surface area contributed by atoms with Gasteiger partial charge in [-0.2, -0.15) is 0 Å². The van der Waals surface area contributed by atoms with Crippen LogP contribution in [0.2, 0.25) is 0 Å². The number of thiocarbonyl (C=S) groups is 1. The number of piperidine rings is 1. The predicted octanol–water partition coefficient (Wildman–Crippen LogP) is 2.34. The lowest BCUT2D eigenvalue weighted by atomic mass is 10.1. The van der Waals surface area contributed by atoms with Crippen molar-refractivity contribution in [1.82, 2.24) is 30.0 Å². The number of aromatic amines is 1. The average molecular weight is 515 g/mol. The van der Waals surface area contributed by atoms with Crippen molar-refractivity contribution in [3.63, 3.8) is 0 Å². The fourth-order valence-corrected chi connectivity index (χ4v) is 4.93. The van der Waals surface area contributed by atoms with Crippen LogP contribution in [0.3, 0.4) is 0 Å². The van der Waals surface area contributed by atoms with Crippen LogP contribution < -0.4 is 20.1 Å². The van der Waals surface area contributed by atoms with E-state index < -0.39 is 0 Å². The minimum absolute atomic E-state index is 0.464. The summed E-state index contributed by atoms with van der Waals surface area (Å²) in [4.78, 5) is 14.0. The standard InChI is InChI=1S/C25H38N8O2S/c1-27-20-17-22(35-15-14-31-8-4-3-5-9-31)21(34-2)16-19(20)24(26)32-10-12-33(13-11-32)25(36)30-18-23-28-6-7-29-23/h6-7,16-17,26-27H,3-5,8-15,18H2,1-2H3,(H,28,29)(H,30,36). The number of piperazine rings is 1. The fraction of sp³-hybridized carbons (Fsp3) is 0.560. The first-order valence-electron chi connectivity index (χ1n) is 12.7. The zero-order chi connectivity index (χ0) is 25.3. The lowest BCUT2D eigenvalue weighted by Gasteiger charge is -2.37. The Hall–Kier alpha value is -3.05. The molecule has 4 rings (SSSR count). The molecule has 0 spiro atoms. The number of hydrogen-bond donors (Lipinski definition) is 4. The summed E-state index contributed by atoms with van der Waals surface area (Å²) in [6.45, 7) is 7.31. The van der Waals surface area contributed by atoms with E-state index in [1.165, 1.54) is 19.3 Å². The highest BCUT2D eigenvalue weighted by atomic mass is 32.1. The minimum atomic E-state index is 0.464. The number of anilines is 1. The van der Waals surface area contributed by atoms with Crippen LogP contribution in [-0.4, -0.2) is 102 Å². The second-order valence-corrected chi connectivity index (χ2v) is 9.45. The van der Waals surface area contributed by atoms with Gasteiger partial charge in [0.15, 0.2) is 16.6 Å². The van der Waals surface area contributed by atoms with Crippen molar-refractivity contribution in [2.45, 2.75) is 25.8 Å². The van der Waals surface area contributed by atoms with Gasteiger partial charge in [-0.15, -0.1) is 0 Å². The van der Waals surface area contributed by atoms with E-state index in [9.17, 15) is 0 Å². The summed E-state index contributed by atoms with van der Waals surface area (Å²) in [6, 6.07) is 3.86. The Morgan fingerprint density at radius 1 is 1.08 bits per heavy atom. The van der Waals surface area contributed by atoms with Gasteiger partial charge in [-0.25, -0.2) is 4.98 Å². The van der Waals surface area contributed by atoms with Crippen molar-refractivity contribution in [2.75, 3.05) is 71.9 Å². The lowest BCUT2D eigenvalue weighted by molar-refractivity contribution is 0.180.